The maximum atomic E-state index is 12.8. The van der Waals surface area contributed by atoms with E-state index < -0.39 is 0 Å². The van der Waals surface area contributed by atoms with Gasteiger partial charge >= 0.3 is 0 Å². The Balaban J connectivity index is 0.937. The summed E-state index contributed by atoms with van der Waals surface area (Å²) in [6.07, 6.45) is 3.46. The molecule has 0 saturated carbocycles. The molecule has 0 spiro atoms. The van der Waals surface area contributed by atoms with Crippen LogP contribution in [-0.2, 0) is 13.2 Å². The number of carbonyl (C=O) groups excluding carboxylic acids is 2. The van der Waals surface area contributed by atoms with E-state index in [-0.39, 0.29) is 17.9 Å². The average molecular weight is 697 g/mol. The van der Waals surface area contributed by atoms with E-state index in [1.54, 1.807) is 6.20 Å². The number of benzene rings is 4. The third-order valence-electron chi connectivity index (χ3n) is 7.94. The first-order valence-corrected chi connectivity index (χ1v) is 16.8. The molecule has 1 aliphatic rings. The van der Waals surface area contributed by atoms with Crippen molar-refractivity contribution in [1.29, 1.82) is 0 Å². The molecular formula is C37H34BrN3O4S. The van der Waals surface area contributed by atoms with Crippen molar-refractivity contribution in [2.24, 2.45) is 0 Å². The van der Waals surface area contributed by atoms with Gasteiger partial charge in [-0.05, 0) is 88.1 Å². The van der Waals surface area contributed by atoms with Crippen molar-refractivity contribution in [2.45, 2.75) is 39.0 Å². The summed E-state index contributed by atoms with van der Waals surface area (Å²) in [6.45, 7) is 4.30. The number of carbonyl (C=O) groups is 2. The molecule has 4 aromatic carbocycles. The molecule has 1 fully saturated rings. The summed E-state index contributed by atoms with van der Waals surface area (Å²) in [4.78, 5) is 32.4. The predicted molar refractivity (Wildman–Crippen MR) is 184 cm³/mol. The molecule has 6 rings (SSSR count). The molecule has 0 bridgehead atoms. The molecule has 1 aromatic heterocycles. The Morgan fingerprint density at radius 3 is 2.09 bits per heavy atom. The van der Waals surface area contributed by atoms with E-state index in [1.165, 1.54) is 11.3 Å². The van der Waals surface area contributed by atoms with E-state index >= 15 is 0 Å². The molecule has 2 heterocycles. The van der Waals surface area contributed by atoms with Crippen LogP contribution in [-0.4, -0.2) is 40.9 Å². The van der Waals surface area contributed by atoms with Gasteiger partial charge < -0.3 is 19.7 Å². The van der Waals surface area contributed by atoms with Crippen LogP contribution in [0, 0.1) is 6.92 Å². The van der Waals surface area contributed by atoms with E-state index in [2.05, 4.69) is 26.2 Å². The van der Waals surface area contributed by atoms with Crippen molar-refractivity contribution in [3.05, 3.63) is 134 Å². The lowest BCUT2D eigenvalue weighted by Gasteiger charge is -2.32. The summed E-state index contributed by atoms with van der Waals surface area (Å²) in [6, 6.07) is 31.3. The molecule has 0 unspecified atom stereocenters. The van der Waals surface area contributed by atoms with Crippen LogP contribution in [0.3, 0.4) is 0 Å². The lowest BCUT2D eigenvalue weighted by molar-refractivity contribution is 0.0595. The summed E-state index contributed by atoms with van der Waals surface area (Å²) in [5.74, 6) is 1.58. The topological polar surface area (TPSA) is 80.8 Å². The molecule has 9 heteroatoms. The molecule has 46 heavy (non-hydrogen) atoms. The third kappa shape index (κ3) is 8.21. The van der Waals surface area contributed by atoms with E-state index in [0.717, 1.165) is 61.0 Å². The predicted octanol–water partition coefficient (Wildman–Crippen LogP) is 8.07. The van der Waals surface area contributed by atoms with Gasteiger partial charge in [0.15, 0.2) is 3.92 Å². The maximum absolute atomic E-state index is 12.8. The van der Waals surface area contributed by atoms with Crippen molar-refractivity contribution >= 4 is 39.1 Å². The summed E-state index contributed by atoms with van der Waals surface area (Å²) in [5.41, 5.74) is 5.61. The highest BCUT2D eigenvalue weighted by atomic mass is 79.9. The fraction of sp³-hybridized carbons (Fsp3) is 0.216. The van der Waals surface area contributed by atoms with E-state index in [9.17, 15) is 9.59 Å². The number of piperidine rings is 1. The quantitative estimate of drug-likeness (QED) is 0.160. The number of likely N-dealkylation sites (tertiary alicyclic amines) is 1. The Morgan fingerprint density at radius 2 is 1.46 bits per heavy atom. The van der Waals surface area contributed by atoms with Gasteiger partial charge in [-0.2, -0.15) is 0 Å². The normalized spacial score (nSPS) is 13.3. The van der Waals surface area contributed by atoms with Gasteiger partial charge in [-0.1, -0.05) is 54.1 Å². The SMILES string of the molecule is Cc1ccc(C(=O)N2CCC(Oc3ccc(COc4ccc(-c5ccc(C(=O)NCc6cnc(Br)s6)cc5)cc4)cc3)CC2)cc1. The maximum Gasteiger partial charge on any atom is 0.253 e. The lowest BCUT2D eigenvalue weighted by Crippen LogP contribution is -2.41. The van der Waals surface area contributed by atoms with Crippen molar-refractivity contribution in [3.63, 3.8) is 0 Å². The number of ether oxygens (including phenoxy) is 2. The van der Waals surface area contributed by atoms with Crippen LogP contribution >= 0.6 is 27.3 Å². The number of amides is 2. The first-order chi connectivity index (χ1) is 22.4. The molecule has 5 aromatic rings. The molecule has 1 saturated heterocycles. The van der Waals surface area contributed by atoms with Gasteiger partial charge in [-0.15, -0.1) is 11.3 Å². The molecule has 0 radical (unpaired) electrons. The molecule has 0 atom stereocenters. The van der Waals surface area contributed by atoms with Crippen LogP contribution in [0.1, 0.15) is 49.6 Å². The second-order valence-corrected chi connectivity index (χ2v) is 13.7. The summed E-state index contributed by atoms with van der Waals surface area (Å²) < 4.78 is 13.1. The Kier molecular flexibility index (Phi) is 10.1. The Bertz CT molecular complexity index is 1760. The fourth-order valence-corrected chi connectivity index (χ4v) is 6.57. The smallest absolute Gasteiger partial charge is 0.253 e. The van der Waals surface area contributed by atoms with Gasteiger partial charge in [0, 0.05) is 48.1 Å². The molecule has 1 N–H and O–H groups in total. The number of rotatable bonds is 10. The largest absolute Gasteiger partial charge is 0.490 e. The zero-order valence-electron chi connectivity index (χ0n) is 25.4. The zero-order chi connectivity index (χ0) is 31.9. The minimum absolute atomic E-state index is 0.0883. The number of hydrogen-bond acceptors (Lipinski definition) is 6. The number of hydrogen-bond donors (Lipinski definition) is 1. The number of nitrogens with zero attached hydrogens (tertiary/aromatic N) is 2. The monoisotopic (exact) mass is 695 g/mol. The molecule has 0 aliphatic carbocycles. The Hall–Kier alpha value is -4.47. The summed E-state index contributed by atoms with van der Waals surface area (Å²) in [5, 5.41) is 2.93. The molecular weight excluding hydrogens is 662 g/mol. The number of thiazole rings is 1. The van der Waals surface area contributed by atoms with Crippen LogP contribution in [0.5, 0.6) is 11.5 Å². The fourth-order valence-electron chi connectivity index (χ4n) is 5.27. The van der Waals surface area contributed by atoms with Gasteiger partial charge in [-0.3, -0.25) is 9.59 Å². The van der Waals surface area contributed by atoms with Crippen molar-refractivity contribution in [1.82, 2.24) is 15.2 Å². The van der Waals surface area contributed by atoms with E-state index in [1.807, 2.05) is 109 Å². The van der Waals surface area contributed by atoms with Gasteiger partial charge in [0.2, 0.25) is 0 Å². The second kappa shape index (κ2) is 14.7. The Morgan fingerprint density at radius 1 is 0.848 bits per heavy atom. The number of nitrogens with one attached hydrogen (secondary N) is 1. The second-order valence-electron chi connectivity index (χ2n) is 11.3. The van der Waals surface area contributed by atoms with Crippen molar-refractivity contribution < 1.29 is 19.1 Å². The van der Waals surface area contributed by atoms with E-state index in [0.29, 0.717) is 31.8 Å². The Labute approximate surface area is 281 Å². The number of aromatic nitrogens is 1. The molecule has 2 amide bonds. The van der Waals surface area contributed by atoms with Crippen LogP contribution in [0.15, 0.2) is 107 Å². The minimum Gasteiger partial charge on any atom is -0.490 e. The standard InChI is InChI=1S/C37H34BrN3O4S/c1-25-2-6-30(7-3-25)36(43)41-20-18-33(19-21-41)45-32-14-4-26(5-15-32)24-44-31-16-12-28(13-17-31)27-8-10-29(11-9-27)35(42)39-22-34-23-40-37(38)46-34/h2-17,23,33H,18-22,24H2,1H3,(H,39,42). The summed E-state index contributed by atoms with van der Waals surface area (Å²) in [7, 11) is 0. The first-order valence-electron chi connectivity index (χ1n) is 15.2. The number of aryl methyl sites for hydroxylation is 1. The number of halogens is 1. The average Bonchev–Trinajstić information content (AvgIpc) is 3.52. The van der Waals surface area contributed by atoms with Gasteiger partial charge in [0.25, 0.3) is 11.8 Å². The van der Waals surface area contributed by atoms with Gasteiger partial charge in [0.05, 0.1) is 6.54 Å². The summed E-state index contributed by atoms with van der Waals surface area (Å²) >= 11 is 4.84. The molecule has 234 valence electrons. The zero-order valence-corrected chi connectivity index (χ0v) is 27.9. The van der Waals surface area contributed by atoms with Crippen molar-refractivity contribution in [2.75, 3.05) is 13.1 Å². The van der Waals surface area contributed by atoms with Crippen molar-refractivity contribution in [3.8, 4) is 22.6 Å². The highest BCUT2D eigenvalue weighted by Crippen LogP contribution is 2.25. The minimum atomic E-state index is -0.119. The highest BCUT2D eigenvalue weighted by Gasteiger charge is 2.24. The lowest BCUT2D eigenvalue weighted by atomic mass is 10.0. The molecule has 7 nitrogen and oxygen atoms in total. The van der Waals surface area contributed by atoms with Crippen LogP contribution in [0.2, 0.25) is 0 Å². The van der Waals surface area contributed by atoms with E-state index in [4.69, 9.17) is 9.47 Å². The van der Waals surface area contributed by atoms with Crippen LogP contribution in [0.4, 0.5) is 0 Å². The van der Waals surface area contributed by atoms with Gasteiger partial charge in [-0.25, -0.2) is 4.98 Å². The van der Waals surface area contributed by atoms with Gasteiger partial charge in [0.1, 0.15) is 24.2 Å². The van der Waals surface area contributed by atoms with Crippen LogP contribution < -0.4 is 14.8 Å². The third-order valence-corrected chi connectivity index (χ3v) is 9.42. The van der Waals surface area contributed by atoms with Crippen LogP contribution in [0.25, 0.3) is 11.1 Å². The first kappa shape index (κ1) is 31.5. The highest BCUT2D eigenvalue weighted by molar-refractivity contribution is 9.11. The molecule has 1 aliphatic heterocycles.